The summed E-state index contributed by atoms with van der Waals surface area (Å²) in [6.07, 6.45) is 61.4. The fraction of sp³-hybridized carbons (Fsp3) is 0.947. The van der Waals surface area contributed by atoms with Gasteiger partial charge in [0, 0.05) is 0 Å². The van der Waals surface area contributed by atoms with Gasteiger partial charge in [-0.3, -0.25) is 4.79 Å². The van der Waals surface area contributed by atoms with Crippen LogP contribution >= 0.6 is 0 Å². The third-order valence-electron chi connectivity index (χ3n) is 13.7. The Bertz CT molecular complexity index is 913. The van der Waals surface area contributed by atoms with E-state index < -0.39 is 36.9 Å². The lowest BCUT2D eigenvalue weighted by atomic mass is 9.99. The molecule has 0 fully saturated rings. The fourth-order valence-electron chi connectivity index (χ4n) is 9.23. The van der Waals surface area contributed by atoms with Gasteiger partial charge in [-0.15, -0.1) is 0 Å². The molecule has 0 aromatic carbocycles. The normalized spacial score (nSPS) is 13.8. The van der Waals surface area contributed by atoms with Crippen molar-refractivity contribution in [2.75, 3.05) is 6.61 Å². The van der Waals surface area contributed by atoms with Crippen LogP contribution in [-0.4, -0.2) is 57.3 Å². The summed E-state index contributed by atoms with van der Waals surface area (Å²) in [6.45, 7) is 4.09. The molecule has 4 atom stereocenters. The van der Waals surface area contributed by atoms with Crippen LogP contribution < -0.4 is 5.32 Å². The number of rotatable bonds is 53. The zero-order valence-electron chi connectivity index (χ0n) is 42.6. The summed E-state index contributed by atoms with van der Waals surface area (Å²) in [5.41, 5.74) is 0. The molecule has 0 heterocycles. The third-order valence-corrected chi connectivity index (χ3v) is 13.7. The minimum absolute atomic E-state index is 0.365. The summed E-state index contributed by atoms with van der Waals surface area (Å²) in [4.78, 5) is 12.6. The van der Waals surface area contributed by atoms with Gasteiger partial charge in [0.15, 0.2) is 0 Å². The first kappa shape index (κ1) is 62.1. The molecule has 0 rings (SSSR count). The molecule has 0 saturated heterocycles. The first-order chi connectivity index (χ1) is 31.0. The number of carbonyl (C=O) groups is 1. The molecular formula is C57H113NO5. The van der Waals surface area contributed by atoms with E-state index in [1.54, 1.807) is 0 Å². The summed E-state index contributed by atoms with van der Waals surface area (Å²) < 4.78 is 0. The highest BCUT2D eigenvalue weighted by molar-refractivity contribution is 5.80. The molecule has 376 valence electrons. The Labute approximate surface area is 393 Å². The SMILES string of the molecule is CCCCCCCCCCCC/C=C\CCCCCCCCC(O)C(=O)NC(CO)C(O)C(O)CCCCCCCCCCCCCCCCCCCCCCCCCCCCC. The van der Waals surface area contributed by atoms with Crippen molar-refractivity contribution in [2.45, 2.75) is 340 Å². The van der Waals surface area contributed by atoms with E-state index in [1.807, 2.05) is 0 Å². The van der Waals surface area contributed by atoms with Crippen LogP contribution in [0.15, 0.2) is 12.2 Å². The minimum atomic E-state index is -1.26. The van der Waals surface area contributed by atoms with Crippen molar-refractivity contribution >= 4 is 5.91 Å². The zero-order chi connectivity index (χ0) is 45.9. The van der Waals surface area contributed by atoms with Crippen molar-refractivity contribution in [3.05, 3.63) is 12.2 Å². The van der Waals surface area contributed by atoms with Gasteiger partial charge in [-0.25, -0.2) is 0 Å². The summed E-state index contributed by atoms with van der Waals surface area (Å²) in [7, 11) is 0. The Balaban J connectivity index is 3.60. The molecule has 5 N–H and O–H groups in total. The van der Waals surface area contributed by atoms with Crippen LogP contribution in [0.3, 0.4) is 0 Å². The van der Waals surface area contributed by atoms with E-state index in [0.29, 0.717) is 12.8 Å². The molecule has 0 aromatic rings. The first-order valence-corrected chi connectivity index (χ1v) is 28.6. The van der Waals surface area contributed by atoms with Gasteiger partial charge in [0.25, 0.3) is 0 Å². The van der Waals surface area contributed by atoms with Crippen LogP contribution in [0.1, 0.15) is 316 Å². The predicted molar refractivity (Wildman–Crippen MR) is 275 cm³/mol. The largest absolute Gasteiger partial charge is 0.394 e. The lowest BCUT2D eigenvalue weighted by molar-refractivity contribution is -0.132. The van der Waals surface area contributed by atoms with Crippen molar-refractivity contribution in [2.24, 2.45) is 0 Å². The number of carbonyl (C=O) groups excluding carboxylic acids is 1. The average molecular weight is 893 g/mol. The maximum Gasteiger partial charge on any atom is 0.249 e. The van der Waals surface area contributed by atoms with Crippen LogP contribution in [0.5, 0.6) is 0 Å². The average Bonchev–Trinajstić information content (AvgIpc) is 3.29. The summed E-state index contributed by atoms with van der Waals surface area (Å²) in [6, 6.07) is -0.986. The van der Waals surface area contributed by atoms with Crippen LogP contribution in [0, 0.1) is 0 Å². The second-order valence-corrected chi connectivity index (χ2v) is 20.0. The lowest BCUT2D eigenvalue weighted by Gasteiger charge is -2.27. The maximum atomic E-state index is 12.6. The van der Waals surface area contributed by atoms with Gasteiger partial charge in [-0.05, 0) is 38.5 Å². The van der Waals surface area contributed by atoms with E-state index in [4.69, 9.17) is 0 Å². The van der Waals surface area contributed by atoms with E-state index in [1.165, 1.54) is 244 Å². The van der Waals surface area contributed by atoms with E-state index >= 15 is 0 Å². The van der Waals surface area contributed by atoms with Gasteiger partial charge in [-0.2, -0.15) is 0 Å². The molecular weight excluding hydrogens is 779 g/mol. The van der Waals surface area contributed by atoms with Gasteiger partial charge in [0.2, 0.25) is 5.91 Å². The fourth-order valence-corrected chi connectivity index (χ4v) is 9.23. The van der Waals surface area contributed by atoms with E-state index in [-0.39, 0.29) is 0 Å². The number of allylic oxidation sites excluding steroid dienone is 2. The molecule has 0 aromatic heterocycles. The molecule has 0 aliphatic carbocycles. The predicted octanol–water partition coefficient (Wildman–Crippen LogP) is 16.5. The van der Waals surface area contributed by atoms with E-state index in [2.05, 4.69) is 31.3 Å². The highest BCUT2D eigenvalue weighted by atomic mass is 16.3. The van der Waals surface area contributed by atoms with E-state index in [9.17, 15) is 25.2 Å². The van der Waals surface area contributed by atoms with Gasteiger partial charge in [-0.1, -0.05) is 289 Å². The molecule has 0 aliphatic heterocycles. The number of hydrogen-bond donors (Lipinski definition) is 5. The first-order valence-electron chi connectivity index (χ1n) is 28.6. The zero-order valence-corrected chi connectivity index (χ0v) is 42.6. The van der Waals surface area contributed by atoms with Gasteiger partial charge in [0.1, 0.15) is 12.2 Å². The van der Waals surface area contributed by atoms with Crippen LogP contribution in [0.2, 0.25) is 0 Å². The number of hydrogen-bond acceptors (Lipinski definition) is 5. The van der Waals surface area contributed by atoms with Crippen molar-refractivity contribution in [1.82, 2.24) is 5.32 Å². The van der Waals surface area contributed by atoms with Crippen molar-refractivity contribution in [1.29, 1.82) is 0 Å². The Morgan fingerprint density at radius 1 is 0.381 bits per heavy atom. The molecule has 6 nitrogen and oxygen atoms in total. The number of aliphatic hydroxyl groups excluding tert-OH is 4. The Kier molecular flexibility index (Phi) is 51.2. The van der Waals surface area contributed by atoms with Gasteiger partial charge >= 0.3 is 0 Å². The maximum absolute atomic E-state index is 12.6. The van der Waals surface area contributed by atoms with Gasteiger partial charge in [0.05, 0.1) is 18.8 Å². The highest BCUT2D eigenvalue weighted by Crippen LogP contribution is 2.18. The molecule has 0 aliphatic rings. The summed E-state index contributed by atoms with van der Waals surface area (Å²) >= 11 is 0. The Morgan fingerprint density at radius 2 is 0.635 bits per heavy atom. The van der Waals surface area contributed by atoms with Crippen LogP contribution in [0.25, 0.3) is 0 Å². The molecule has 6 heteroatoms. The Morgan fingerprint density at radius 3 is 0.921 bits per heavy atom. The molecule has 0 spiro atoms. The smallest absolute Gasteiger partial charge is 0.249 e. The number of nitrogens with one attached hydrogen (secondary N) is 1. The van der Waals surface area contributed by atoms with Crippen molar-refractivity contribution in [3.8, 4) is 0 Å². The molecule has 0 bridgehead atoms. The monoisotopic (exact) mass is 892 g/mol. The molecule has 1 amide bonds. The van der Waals surface area contributed by atoms with Crippen molar-refractivity contribution in [3.63, 3.8) is 0 Å². The molecule has 4 unspecified atom stereocenters. The number of aliphatic hydroxyl groups is 4. The topological polar surface area (TPSA) is 110 Å². The second kappa shape index (κ2) is 52.0. The quantitative estimate of drug-likeness (QED) is 0.0309. The third kappa shape index (κ3) is 46.0. The molecule has 0 saturated carbocycles. The second-order valence-electron chi connectivity index (χ2n) is 20.0. The van der Waals surface area contributed by atoms with E-state index in [0.717, 1.165) is 44.9 Å². The van der Waals surface area contributed by atoms with Crippen molar-refractivity contribution < 1.29 is 25.2 Å². The van der Waals surface area contributed by atoms with Gasteiger partial charge < -0.3 is 25.7 Å². The lowest BCUT2D eigenvalue weighted by Crippen LogP contribution is -2.53. The Hall–Kier alpha value is -0.950. The summed E-state index contributed by atoms with van der Waals surface area (Å²) in [5.74, 6) is -0.583. The standard InChI is InChI=1S/C57H113NO5/c1-3-5-7-9-11-13-15-17-19-21-23-25-26-27-28-29-30-31-33-34-36-38-40-42-44-46-48-50-54(60)56(62)53(52-59)58-57(63)55(61)51-49-47-45-43-41-39-37-35-32-24-22-20-18-16-14-12-10-8-6-4-2/h32,35,53-56,59-62H,3-31,33-34,36-52H2,1-2H3,(H,58,63)/b35-32-. The molecule has 0 radical (unpaired) electrons. The molecule has 63 heavy (non-hydrogen) atoms. The van der Waals surface area contributed by atoms with Crippen LogP contribution in [-0.2, 0) is 4.79 Å². The highest BCUT2D eigenvalue weighted by Gasteiger charge is 2.28. The minimum Gasteiger partial charge on any atom is -0.394 e. The number of unbranched alkanes of at least 4 members (excludes halogenated alkanes) is 42. The number of amides is 1. The van der Waals surface area contributed by atoms with Crippen LogP contribution in [0.4, 0.5) is 0 Å². The summed E-state index contributed by atoms with van der Waals surface area (Å²) in [5, 5.41) is 44.0.